The third-order valence-corrected chi connectivity index (χ3v) is 4.07. The Kier molecular flexibility index (Phi) is 5.50. The molecular formula is C19H27N3O3. The Balaban J connectivity index is 2.12. The second-order valence-electron chi connectivity index (χ2n) is 7.78. The summed E-state index contributed by atoms with van der Waals surface area (Å²) in [6.07, 6.45) is 0.209. The van der Waals surface area contributed by atoms with Crippen LogP contribution in [0, 0.1) is 5.92 Å². The third kappa shape index (κ3) is 4.81. The van der Waals surface area contributed by atoms with Crippen LogP contribution in [-0.4, -0.2) is 40.7 Å². The monoisotopic (exact) mass is 345 g/mol. The number of para-hydroxylation sites is 1. The van der Waals surface area contributed by atoms with Gasteiger partial charge in [-0.3, -0.25) is 14.4 Å². The number of hydrogen-bond acceptors (Lipinski definition) is 3. The lowest BCUT2D eigenvalue weighted by molar-refractivity contribution is -0.129. The lowest BCUT2D eigenvalue weighted by atomic mass is 10.1. The highest BCUT2D eigenvalue weighted by Crippen LogP contribution is 2.23. The van der Waals surface area contributed by atoms with E-state index in [2.05, 4.69) is 10.6 Å². The van der Waals surface area contributed by atoms with Gasteiger partial charge in [0.15, 0.2) is 0 Å². The van der Waals surface area contributed by atoms with Gasteiger partial charge in [0.05, 0.1) is 17.2 Å². The van der Waals surface area contributed by atoms with E-state index in [0.717, 1.165) is 0 Å². The minimum absolute atomic E-state index is 0.00564. The lowest BCUT2D eigenvalue weighted by Crippen LogP contribution is -2.41. The summed E-state index contributed by atoms with van der Waals surface area (Å²) >= 11 is 0. The maximum atomic E-state index is 12.6. The molecule has 6 heteroatoms. The van der Waals surface area contributed by atoms with E-state index in [1.165, 1.54) is 0 Å². The van der Waals surface area contributed by atoms with Crippen molar-refractivity contribution in [3.05, 3.63) is 29.8 Å². The van der Waals surface area contributed by atoms with Crippen molar-refractivity contribution in [1.82, 2.24) is 10.2 Å². The summed E-state index contributed by atoms with van der Waals surface area (Å²) in [5.74, 6) is -0.871. The quantitative estimate of drug-likeness (QED) is 0.879. The predicted molar refractivity (Wildman–Crippen MR) is 97.2 cm³/mol. The van der Waals surface area contributed by atoms with Crippen molar-refractivity contribution < 1.29 is 14.4 Å². The first-order valence-electron chi connectivity index (χ1n) is 8.60. The Hall–Kier alpha value is -2.37. The SMILES string of the molecule is CC(C)N1C[C@@H](C(=O)Nc2ccccc2C(=O)NC(C)(C)C)CC1=O. The van der Waals surface area contributed by atoms with E-state index in [1.807, 2.05) is 34.6 Å². The van der Waals surface area contributed by atoms with Gasteiger partial charge in [0, 0.05) is 24.5 Å². The molecule has 3 amide bonds. The van der Waals surface area contributed by atoms with Crippen molar-refractivity contribution in [2.75, 3.05) is 11.9 Å². The van der Waals surface area contributed by atoms with Crippen LogP contribution >= 0.6 is 0 Å². The van der Waals surface area contributed by atoms with Gasteiger partial charge in [-0.25, -0.2) is 0 Å². The molecule has 1 heterocycles. The molecule has 2 N–H and O–H groups in total. The van der Waals surface area contributed by atoms with Gasteiger partial charge < -0.3 is 15.5 Å². The van der Waals surface area contributed by atoms with Crippen LogP contribution in [0.3, 0.4) is 0 Å². The number of benzene rings is 1. The molecule has 2 rings (SSSR count). The fraction of sp³-hybridized carbons (Fsp3) is 0.526. The van der Waals surface area contributed by atoms with Crippen molar-refractivity contribution in [3.63, 3.8) is 0 Å². The maximum Gasteiger partial charge on any atom is 0.253 e. The molecule has 25 heavy (non-hydrogen) atoms. The zero-order chi connectivity index (χ0) is 18.8. The van der Waals surface area contributed by atoms with Crippen LogP contribution in [0.5, 0.6) is 0 Å². The lowest BCUT2D eigenvalue weighted by Gasteiger charge is -2.22. The standard InChI is InChI=1S/C19H27N3O3/c1-12(2)22-11-13(10-16(22)23)17(24)20-15-9-7-6-8-14(15)18(25)21-19(3,4)5/h6-9,12-13H,10-11H2,1-5H3,(H,20,24)(H,21,25)/t13-/m0/s1. The molecule has 1 atom stereocenters. The zero-order valence-electron chi connectivity index (χ0n) is 15.6. The van der Waals surface area contributed by atoms with E-state index in [-0.39, 0.29) is 35.7 Å². The van der Waals surface area contributed by atoms with Gasteiger partial charge in [-0.2, -0.15) is 0 Å². The maximum absolute atomic E-state index is 12.6. The summed E-state index contributed by atoms with van der Waals surface area (Å²) in [6.45, 7) is 9.98. The number of nitrogens with zero attached hydrogens (tertiary/aromatic N) is 1. The summed E-state index contributed by atoms with van der Waals surface area (Å²) in [6, 6.07) is 6.98. The number of amides is 3. The Labute approximate surface area is 149 Å². The van der Waals surface area contributed by atoms with E-state index in [1.54, 1.807) is 29.2 Å². The fourth-order valence-electron chi connectivity index (χ4n) is 2.84. The largest absolute Gasteiger partial charge is 0.347 e. The first-order chi connectivity index (χ1) is 11.6. The van der Waals surface area contributed by atoms with Crippen LogP contribution in [-0.2, 0) is 9.59 Å². The van der Waals surface area contributed by atoms with Crippen LogP contribution in [0.25, 0.3) is 0 Å². The van der Waals surface area contributed by atoms with Crippen LogP contribution < -0.4 is 10.6 Å². The van der Waals surface area contributed by atoms with E-state index in [4.69, 9.17) is 0 Å². The van der Waals surface area contributed by atoms with E-state index in [0.29, 0.717) is 17.8 Å². The number of carbonyl (C=O) groups excluding carboxylic acids is 3. The summed E-state index contributed by atoms with van der Waals surface area (Å²) in [7, 11) is 0. The highest BCUT2D eigenvalue weighted by molar-refractivity contribution is 6.05. The average molecular weight is 345 g/mol. The molecule has 0 bridgehead atoms. The normalized spacial score (nSPS) is 17.8. The molecule has 1 aliphatic heterocycles. The number of rotatable bonds is 4. The number of nitrogens with one attached hydrogen (secondary N) is 2. The number of carbonyl (C=O) groups is 3. The predicted octanol–water partition coefficient (Wildman–Crippen LogP) is 2.41. The Bertz CT molecular complexity index is 677. The minimum Gasteiger partial charge on any atom is -0.347 e. The fourth-order valence-corrected chi connectivity index (χ4v) is 2.84. The Morgan fingerprint density at radius 1 is 1.20 bits per heavy atom. The molecule has 1 saturated heterocycles. The van der Waals surface area contributed by atoms with Crippen molar-refractivity contribution in [2.45, 2.75) is 52.6 Å². The number of hydrogen-bond donors (Lipinski definition) is 2. The summed E-state index contributed by atoms with van der Waals surface area (Å²) in [4.78, 5) is 38.7. The van der Waals surface area contributed by atoms with Gasteiger partial charge in [0.1, 0.15) is 0 Å². The van der Waals surface area contributed by atoms with Crippen LogP contribution in [0.15, 0.2) is 24.3 Å². The van der Waals surface area contributed by atoms with Crippen molar-refractivity contribution in [2.24, 2.45) is 5.92 Å². The minimum atomic E-state index is -0.395. The molecule has 1 aliphatic rings. The van der Waals surface area contributed by atoms with Crippen LogP contribution in [0.4, 0.5) is 5.69 Å². The van der Waals surface area contributed by atoms with Gasteiger partial charge in [0.25, 0.3) is 5.91 Å². The summed E-state index contributed by atoms with van der Waals surface area (Å²) < 4.78 is 0. The van der Waals surface area contributed by atoms with Gasteiger partial charge >= 0.3 is 0 Å². The van der Waals surface area contributed by atoms with Gasteiger partial charge in [0.2, 0.25) is 11.8 Å². The first-order valence-corrected chi connectivity index (χ1v) is 8.60. The molecule has 0 aromatic heterocycles. The first kappa shape index (κ1) is 19.0. The van der Waals surface area contributed by atoms with Crippen molar-refractivity contribution >= 4 is 23.4 Å². The number of anilines is 1. The van der Waals surface area contributed by atoms with E-state index < -0.39 is 5.92 Å². The van der Waals surface area contributed by atoms with Crippen LogP contribution in [0.2, 0.25) is 0 Å². The molecule has 136 valence electrons. The molecule has 1 fully saturated rings. The molecule has 0 aliphatic carbocycles. The molecule has 0 radical (unpaired) electrons. The second kappa shape index (κ2) is 7.25. The van der Waals surface area contributed by atoms with Gasteiger partial charge in [-0.05, 0) is 46.8 Å². The number of likely N-dealkylation sites (tertiary alicyclic amines) is 1. The molecule has 0 spiro atoms. The average Bonchev–Trinajstić information content (AvgIpc) is 2.88. The Morgan fingerprint density at radius 2 is 1.84 bits per heavy atom. The third-order valence-electron chi connectivity index (χ3n) is 4.07. The molecule has 1 aromatic rings. The van der Waals surface area contributed by atoms with Crippen molar-refractivity contribution in [1.29, 1.82) is 0 Å². The zero-order valence-corrected chi connectivity index (χ0v) is 15.6. The second-order valence-corrected chi connectivity index (χ2v) is 7.78. The van der Waals surface area contributed by atoms with E-state index >= 15 is 0 Å². The molecule has 1 aromatic carbocycles. The van der Waals surface area contributed by atoms with E-state index in [9.17, 15) is 14.4 Å². The van der Waals surface area contributed by atoms with Gasteiger partial charge in [-0.15, -0.1) is 0 Å². The molecule has 0 unspecified atom stereocenters. The highest BCUT2D eigenvalue weighted by atomic mass is 16.2. The van der Waals surface area contributed by atoms with Crippen LogP contribution in [0.1, 0.15) is 51.4 Å². The Morgan fingerprint density at radius 3 is 2.40 bits per heavy atom. The summed E-state index contributed by atoms with van der Waals surface area (Å²) in [5, 5.41) is 5.72. The molecular weight excluding hydrogens is 318 g/mol. The topological polar surface area (TPSA) is 78.5 Å². The highest BCUT2D eigenvalue weighted by Gasteiger charge is 2.35. The molecule has 6 nitrogen and oxygen atoms in total. The van der Waals surface area contributed by atoms with Gasteiger partial charge in [-0.1, -0.05) is 12.1 Å². The molecule has 0 saturated carbocycles. The smallest absolute Gasteiger partial charge is 0.253 e. The van der Waals surface area contributed by atoms with Crippen molar-refractivity contribution in [3.8, 4) is 0 Å². The summed E-state index contributed by atoms with van der Waals surface area (Å²) in [5.41, 5.74) is 0.504.